The zero-order valence-corrected chi connectivity index (χ0v) is 11.7. The Kier molecular flexibility index (Phi) is 6.92. The van der Waals surface area contributed by atoms with Crippen LogP contribution >= 0.6 is 11.8 Å². The maximum Gasteiger partial charge on any atom is 0.323 e. The average molecular weight is 260 g/mol. The van der Waals surface area contributed by atoms with Crippen molar-refractivity contribution in [2.24, 2.45) is 5.73 Å². The number of thioether (sulfide) groups is 1. The van der Waals surface area contributed by atoms with E-state index in [0.717, 1.165) is 5.75 Å². The predicted octanol–water partition coefficient (Wildman–Crippen LogP) is 1.09. The number of nitrogens with zero attached hydrogens (tertiary/aromatic N) is 1. The second-order valence-electron chi connectivity index (χ2n) is 4.62. The maximum absolute atomic E-state index is 11.1. The van der Waals surface area contributed by atoms with Crippen LogP contribution in [0.15, 0.2) is 0 Å². The first kappa shape index (κ1) is 14.8. The summed E-state index contributed by atoms with van der Waals surface area (Å²) in [4.78, 5) is 13.5. The summed E-state index contributed by atoms with van der Waals surface area (Å²) in [5.41, 5.74) is 5.67. The topological polar surface area (TPSA) is 55.6 Å². The molecule has 0 aromatic heterocycles. The lowest BCUT2D eigenvalue weighted by molar-refractivity contribution is -0.141. The maximum atomic E-state index is 11.1. The summed E-state index contributed by atoms with van der Waals surface area (Å²) >= 11 is 1.75. The number of ether oxygens (including phenoxy) is 1. The highest BCUT2D eigenvalue weighted by Gasteiger charge is 2.19. The van der Waals surface area contributed by atoms with Gasteiger partial charge in [-0.1, -0.05) is 6.42 Å². The van der Waals surface area contributed by atoms with Crippen LogP contribution in [0.2, 0.25) is 0 Å². The van der Waals surface area contributed by atoms with E-state index in [-0.39, 0.29) is 5.97 Å². The summed E-state index contributed by atoms with van der Waals surface area (Å²) in [6.07, 6.45) is 5.17. The Labute approximate surface area is 108 Å². The summed E-state index contributed by atoms with van der Waals surface area (Å²) in [7, 11) is 3.58. The number of piperidine rings is 1. The molecule has 100 valence electrons. The molecule has 1 aliphatic heterocycles. The first-order chi connectivity index (χ1) is 8.15. The van der Waals surface area contributed by atoms with E-state index >= 15 is 0 Å². The Morgan fingerprint density at radius 2 is 2.35 bits per heavy atom. The van der Waals surface area contributed by atoms with Gasteiger partial charge in [0.05, 0.1) is 7.11 Å². The minimum absolute atomic E-state index is 0.313. The third-order valence-electron chi connectivity index (χ3n) is 3.32. The number of nitrogens with two attached hydrogens (primary N) is 1. The average Bonchev–Trinajstić information content (AvgIpc) is 2.35. The molecule has 2 atom stereocenters. The second kappa shape index (κ2) is 7.95. The fourth-order valence-corrected chi connectivity index (χ4v) is 3.15. The highest BCUT2D eigenvalue weighted by molar-refractivity contribution is 7.99. The van der Waals surface area contributed by atoms with Crippen LogP contribution in [0.5, 0.6) is 0 Å². The van der Waals surface area contributed by atoms with Crippen LogP contribution in [-0.2, 0) is 9.53 Å². The van der Waals surface area contributed by atoms with Crippen molar-refractivity contribution in [1.82, 2.24) is 4.90 Å². The Morgan fingerprint density at radius 1 is 1.59 bits per heavy atom. The summed E-state index contributed by atoms with van der Waals surface area (Å²) < 4.78 is 4.59. The zero-order valence-electron chi connectivity index (χ0n) is 10.9. The first-order valence-corrected chi connectivity index (χ1v) is 7.42. The van der Waals surface area contributed by atoms with E-state index in [4.69, 9.17) is 5.73 Å². The number of carbonyl (C=O) groups excluding carboxylic acids is 1. The number of hydrogen-bond donors (Lipinski definition) is 1. The SMILES string of the molecule is COC(=O)C(N)CSCCC1CCCCN1C. The van der Waals surface area contributed by atoms with Gasteiger partial charge in [-0.15, -0.1) is 0 Å². The van der Waals surface area contributed by atoms with Crippen LogP contribution in [0.3, 0.4) is 0 Å². The van der Waals surface area contributed by atoms with Crippen LogP contribution in [0.1, 0.15) is 25.7 Å². The van der Waals surface area contributed by atoms with E-state index in [9.17, 15) is 4.79 Å². The Balaban J connectivity index is 2.09. The molecular weight excluding hydrogens is 236 g/mol. The van der Waals surface area contributed by atoms with Crippen molar-refractivity contribution >= 4 is 17.7 Å². The molecule has 0 bridgehead atoms. The van der Waals surface area contributed by atoms with E-state index in [0.29, 0.717) is 11.8 Å². The molecule has 0 radical (unpaired) electrons. The van der Waals surface area contributed by atoms with Gasteiger partial charge < -0.3 is 15.4 Å². The van der Waals surface area contributed by atoms with Gasteiger partial charge in [-0.05, 0) is 38.6 Å². The monoisotopic (exact) mass is 260 g/mol. The Hall–Kier alpha value is -0.260. The van der Waals surface area contributed by atoms with Crippen molar-refractivity contribution in [3.8, 4) is 0 Å². The molecule has 1 saturated heterocycles. The summed E-state index contributed by atoms with van der Waals surface area (Å²) in [5, 5.41) is 0. The number of carbonyl (C=O) groups is 1. The third-order valence-corrected chi connectivity index (χ3v) is 4.44. The van der Waals surface area contributed by atoms with Gasteiger partial charge in [0.25, 0.3) is 0 Å². The normalized spacial score (nSPS) is 23.4. The second-order valence-corrected chi connectivity index (χ2v) is 5.77. The molecule has 0 aromatic rings. The number of methoxy groups -OCH3 is 1. The molecule has 17 heavy (non-hydrogen) atoms. The van der Waals surface area contributed by atoms with Crippen LogP contribution in [0.4, 0.5) is 0 Å². The van der Waals surface area contributed by atoms with Crippen LogP contribution in [0, 0.1) is 0 Å². The Morgan fingerprint density at radius 3 is 3.00 bits per heavy atom. The van der Waals surface area contributed by atoms with Gasteiger partial charge in [0.15, 0.2) is 0 Å². The molecule has 1 rings (SSSR count). The lowest BCUT2D eigenvalue weighted by Crippen LogP contribution is -2.37. The predicted molar refractivity (Wildman–Crippen MR) is 72.2 cm³/mol. The quantitative estimate of drug-likeness (QED) is 0.572. The lowest BCUT2D eigenvalue weighted by atomic mass is 10.0. The summed E-state index contributed by atoms with van der Waals surface area (Å²) in [5.74, 6) is 1.41. The Bertz CT molecular complexity index is 239. The lowest BCUT2D eigenvalue weighted by Gasteiger charge is -2.32. The fraction of sp³-hybridized carbons (Fsp3) is 0.917. The molecule has 0 amide bonds. The molecule has 0 aliphatic carbocycles. The molecule has 2 unspecified atom stereocenters. The largest absolute Gasteiger partial charge is 0.468 e. The smallest absolute Gasteiger partial charge is 0.323 e. The minimum Gasteiger partial charge on any atom is -0.468 e. The summed E-state index contributed by atoms with van der Waals surface area (Å²) in [6, 6.07) is 0.236. The molecule has 2 N–H and O–H groups in total. The molecule has 4 nitrogen and oxygen atoms in total. The molecule has 0 aromatic carbocycles. The highest BCUT2D eigenvalue weighted by Crippen LogP contribution is 2.19. The van der Waals surface area contributed by atoms with Crippen LogP contribution < -0.4 is 5.73 Å². The van der Waals surface area contributed by atoms with E-state index in [1.54, 1.807) is 11.8 Å². The fourth-order valence-electron chi connectivity index (χ4n) is 2.16. The standard InChI is InChI=1S/C12H24N2O2S/c1-14-7-4-3-5-10(14)6-8-17-9-11(13)12(15)16-2/h10-11H,3-9,13H2,1-2H3. The third kappa shape index (κ3) is 5.27. The first-order valence-electron chi connectivity index (χ1n) is 6.26. The number of likely N-dealkylation sites (tertiary alicyclic amines) is 1. The van der Waals surface area contributed by atoms with Gasteiger partial charge in [0.1, 0.15) is 6.04 Å². The molecule has 1 fully saturated rings. The minimum atomic E-state index is -0.478. The number of hydrogen-bond acceptors (Lipinski definition) is 5. The van der Waals surface area contributed by atoms with Crippen molar-refractivity contribution < 1.29 is 9.53 Å². The van der Waals surface area contributed by atoms with Gasteiger partial charge in [-0.3, -0.25) is 4.79 Å². The van der Waals surface area contributed by atoms with E-state index in [1.807, 2.05) is 0 Å². The van der Waals surface area contributed by atoms with Crippen molar-refractivity contribution in [3.05, 3.63) is 0 Å². The molecular formula is C12H24N2O2S. The van der Waals surface area contributed by atoms with E-state index < -0.39 is 6.04 Å². The van der Waals surface area contributed by atoms with Gasteiger partial charge in [-0.25, -0.2) is 0 Å². The number of esters is 1. The summed E-state index contributed by atoms with van der Waals surface area (Å²) in [6.45, 7) is 1.22. The van der Waals surface area contributed by atoms with Crippen molar-refractivity contribution in [1.29, 1.82) is 0 Å². The molecule has 1 heterocycles. The van der Waals surface area contributed by atoms with E-state index in [2.05, 4.69) is 16.7 Å². The van der Waals surface area contributed by atoms with Crippen molar-refractivity contribution in [2.45, 2.75) is 37.8 Å². The molecule has 1 aliphatic rings. The van der Waals surface area contributed by atoms with Crippen molar-refractivity contribution in [2.75, 3.05) is 32.2 Å². The highest BCUT2D eigenvalue weighted by atomic mass is 32.2. The van der Waals surface area contributed by atoms with Crippen LogP contribution in [-0.4, -0.2) is 55.2 Å². The molecule has 0 spiro atoms. The van der Waals surface area contributed by atoms with E-state index in [1.165, 1.54) is 39.3 Å². The van der Waals surface area contributed by atoms with Gasteiger partial charge >= 0.3 is 5.97 Å². The van der Waals surface area contributed by atoms with Gasteiger partial charge in [0.2, 0.25) is 0 Å². The zero-order chi connectivity index (χ0) is 12.7. The molecule has 0 saturated carbocycles. The molecule has 5 heteroatoms. The number of rotatable bonds is 6. The van der Waals surface area contributed by atoms with Gasteiger partial charge in [0, 0.05) is 11.8 Å². The van der Waals surface area contributed by atoms with Crippen molar-refractivity contribution in [3.63, 3.8) is 0 Å². The van der Waals surface area contributed by atoms with Gasteiger partial charge in [-0.2, -0.15) is 11.8 Å². The van der Waals surface area contributed by atoms with Crippen LogP contribution in [0.25, 0.3) is 0 Å².